The Bertz CT molecular complexity index is 608. The van der Waals surface area contributed by atoms with Crippen molar-refractivity contribution >= 4 is 23.5 Å². The van der Waals surface area contributed by atoms with Crippen LogP contribution in [0.3, 0.4) is 0 Å². The number of hydrogen-bond donors (Lipinski definition) is 1. The lowest BCUT2D eigenvalue weighted by Gasteiger charge is -2.12. The first-order valence-corrected chi connectivity index (χ1v) is 6.21. The van der Waals surface area contributed by atoms with Crippen LogP contribution in [0.4, 0.5) is 0 Å². The van der Waals surface area contributed by atoms with Crippen molar-refractivity contribution in [2.24, 2.45) is 0 Å². The highest BCUT2D eigenvalue weighted by molar-refractivity contribution is 6.30. The van der Waals surface area contributed by atoms with Gasteiger partial charge in [0.1, 0.15) is 5.75 Å². The summed E-state index contributed by atoms with van der Waals surface area (Å²) in [4.78, 5) is 23.3. The van der Waals surface area contributed by atoms with Gasteiger partial charge in [-0.3, -0.25) is 9.59 Å². The number of rotatable bonds is 4. The Labute approximate surface area is 120 Å². The second kappa shape index (κ2) is 6.21. The highest BCUT2D eigenvalue weighted by Crippen LogP contribution is 2.21. The predicted octanol–water partition coefficient (Wildman–Crippen LogP) is 3.11. The molecular weight excluding hydrogens is 280 g/mol. The van der Waals surface area contributed by atoms with E-state index >= 15 is 0 Å². The summed E-state index contributed by atoms with van der Waals surface area (Å²) in [6.45, 7) is 0. The number of carbonyl (C=O) groups excluding carboxylic acids is 1. The molecule has 0 heterocycles. The maximum Gasteiger partial charge on any atom is 0.330 e. The Balaban J connectivity index is 2.20. The van der Waals surface area contributed by atoms with Crippen LogP contribution in [0.25, 0.3) is 0 Å². The first kappa shape index (κ1) is 14.1. The average molecular weight is 291 g/mol. The van der Waals surface area contributed by atoms with Crippen LogP contribution in [-0.2, 0) is 9.59 Å². The third-order valence-electron chi connectivity index (χ3n) is 2.65. The number of carbonyl (C=O) groups is 2. The molecule has 2 rings (SSSR count). The molecule has 0 radical (unpaired) electrons. The van der Waals surface area contributed by atoms with Crippen molar-refractivity contribution in [2.75, 3.05) is 0 Å². The standard InChI is InChI=1S/C15H11ClO4/c16-11-6-8-12(9-7-11)20-15(19)13(14(17)18)10-4-2-1-3-5-10/h1-9,13H,(H,17,18). The Hall–Kier alpha value is -2.33. The Morgan fingerprint density at radius 3 is 2.15 bits per heavy atom. The Kier molecular flexibility index (Phi) is 4.38. The van der Waals surface area contributed by atoms with Crippen LogP contribution in [0.1, 0.15) is 11.5 Å². The molecule has 2 aromatic carbocycles. The largest absolute Gasteiger partial charge is 0.480 e. The molecule has 0 spiro atoms. The van der Waals surface area contributed by atoms with Gasteiger partial charge >= 0.3 is 11.9 Å². The van der Waals surface area contributed by atoms with E-state index in [1.165, 1.54) is 12.1 Å². The molecule has 0 aliphatic rings. The number of carboxylic acid groups (broad SMARTS) is 1. The van der Waals surface area contributed by atoms with Gasteiger partial charge in [-0.2, -0.15) is 0 Å². The van der Waals surface area contributed by atoms with Crippen molar-refractivity contribution in [1.29, 1.82) is 0 Å². The number of carboxylic acids is 1. The highest BCUT2D eigenvalue weighted by Gasteiger charge is 2.30. The minimum absolute atomic E-state index is 0.251. The molecule has 4 nitrogen and oxygen atoms in total. The highest BCUT2D eigenvalue weighted by atomic mass is 35.5. The van der Waals surface area contributed by atoms with Crippen LogP contribution in [0.5, 0.6) is 5.75 Å². The zero-order valence-corrected chi connectivity index (χ0v) is 11.1. The van der Waals surface area contributed by atoms with E-state index in [0.717, 1.165) is 0 Å². The molecule has 1 unspecified atom stereocenters. The number of hydrogen-bond acceptors (Lipinski definition) is 3. The summed E-state index contributed by atoms with van der Waals surface area (Å²) < 4.78 is 5.07. The minimum Gasteiger partial charge on any atom is -0.480 e. The van der Waals surface area contributed by atoms with Crippen molar-refractivity contribution in [3.8, 4) is 5.75 Å². The maximum atomic E-state index is 12.0. The van der Waals surface area contributed by atoms with Gasteiger partial charge in [0.05, 0.1) is 0 Å². The van der Waals surface area contributed by atoms with Gasteiger partial charge in [0.25, 0.3) is 0 Å². The molecule has 1 atom stereocenters. The molecule has 5 heteroatoms. The smallest absolute Gasteiger partial charge is 0.330 e. The van der Waals surface area contributed by atoms with Crippen molar-refractivity contribution in [1.82, 2.24) is 0 Å². The summed E-state index contributed by atoms with van der Waals surface area (Å²) in [6, 6.07) is 14.3. The second-order valence-corrected chi connectivity index (χ2v) is 4.49. The Morgan fingerprint density at radius 2 is 1.60 bits per heavy atom. The summed E-state index contributed by atoms with van der Waals surface area (Å²) >= 11 is 5.72. The molecule has 0 saturated heterocycles. The van der Waals surface area contributed by atoms with E-state index in [9.17, 15) is 14.7 Å². The molecule has 1 N–H and O–H groups in total. The number of halogens is 1. The SMILES string of the molecule is O=C(O)C(C(=O)Oc1ccc(Cl)cc1)c1ccccc1. The van der Waals surface area contributed by atoms with Crippen LogP contribution >= 0.6 is 11.6 Å². The van der Waals surface area contributed by atoms with Crippen molar-refractivity contribution in [3.05, 3.63) is 65.2 Å². The molecule has 2 aromatic rings. The van der Waals surface area contributed by atoms with E-state index in [4.69, 9.17) is 16.3 Å². The second-order valence-electron chi connectivity index (χ2n) is 4.06. The number of ether oxygens (including phenoxy) is 1. The fourth-order valence-electron chi connectivity index (χ4n) is 1.70. The fraction of sp³-hybridized carbons (Fsp3) is 0.0667. The van der Waals surface area contributed by atoms with Crippen LogP contribution in [0, 0.1) is 0 Å². The summed E-state index contributed by atoms with van der Waals surface area (Å²) in [5, 5.41) is 9.70. The first-order valence-electron chi connectivity index (χ1n) is 5.83. The van der Waals surface area contributed by atoms with Crippen molar-refractivity contribution < 1.29 is 19.4 Å². The molecule has 0 aromatic heterocycles. The van der Waals surface area contributed by atoms with Gasteiger partial charge in [0.2, 0.25) is 0 Å². The molecule has 0 fully saturated rings. The summed E-state index contributed by atoms with van der Waals surface area (Å²) in [5.74, 6) is -3.20. The zero-order valence-electron chi connectivity index (χ0n) is 10.3. The molecule has 0 saturated carbocycles. The van der Waals surface area contributed by atoms with Gasteiger partial charge in [-0.15, -0.1) is 0 Å². The van der Waals surface area contributed by atoms with Crippen molar-refractivity contribution in [2.45, 2.75) is 5.92 Å². The molecular formula is C15H11ClO4. The van der Waals surface area contributed by atoms with Gasteiger partial charge in [-0.1, -0.05) is 41.9 Å². The van der Waals surface area contributed by atoms with Gasteiger partial charge < -0.3 is 9.84 Å². The molecule has 0 aliphatic carbocycles. The molecule has 0 aliphatic heterocycles. The Morgan fingerprint density at radius 1 is 1.00 bits per heavy atom. The molecule has 102 valence electrons. The number of benzene rings is 2. The lowest BCUT2D eigenvalue weighted by atomic mass is 10.00. The van der Waals surface area contributed by atoms with E-state index in [2.05, 4.69) is 0 Å². The maximum absolute atomic E-state index is 12.0. The van der Waals surface area contributed by atoms with Gasteiger partial charge in [-0.05, 0) is 29.8 Å². The van der Waals surface area contributed by atoms with Gasteiger partial charge in [-0.25, -0.2) is 0 Å². The quantitative estimate of drug-likeness (QED) is 0.534. The molecule has 20 heavy (non-hydrogen) atoms. The lowest BCUT2D eigenvalue weighted by molar-refractivity contribution is -0.148. The van der Waals surface area contributed by atoms with E-state index in [0.29, 0.717) is 10.6 Å². The fourth-order valence-corrected chi connectivity index (χ4v) is 1.83. The van der Waals surface area contributed by atoms with E-state index < -0.39 is 17.9 Å². The molecule has 0 bridgehead atoms. The minimum atomic E-state index is -1.35. The predicted molar refractivity (Wildman–Crippen MR) is 73.9 cm³/mol. The van der Waals surface area contributed by atoms with E-state index in [1.807, 2.05) is 0 Å². The first-order chi connectivity index (χ1) is 9.58. The summed E-state index contributed by atoms with van der Waals surface area (Å²) in [7, 11) is 0. The third-order valence-corrected chi connectivity index (χ3v) is 2.90. The topological polar surface area (TPSA) is 63.6 Å². The van der Waals surface area contributed by atoms with E-state index in [-0.39, 0.29) is 5.75 Å². The summed E-state index contributed by atoms with van der Waals surface area (Å²) in [6.07, 6.45) is 0. The average Bonchev–Trinajstić information content (AvgIpc) is 2.42. The molecule has 0 amide bonds. The number of aliphatic carboxylic acids is 1. The van der Waals surface area contributed by atoms with Gasteiger partial charge in [0, 0.05) is 5.02 Å². The zero-order chi connectivity index (χ0) is 14.5. The monoisotopic (exact) mass is 290 g/mol. The van der Waals surface area contributed by atoms with Crippen LogP contribution in [0.2, 0.25) is 5.02 Å². The van der Waals surface area contributed by atoms with Crippen LogP contribution in [-0.4, -0.2) is 17.0 Å². The van der Waals surface area contributed by atoms with Crippen molar-refractivity contribution in [3.63, 3.8) is 0 Å². The lowest BCUT2D eigenvalue weighted by Crippen LogP contribution is -2.25. The third kappa shape index (κ3) is 3.36. The summed E-state index contributed by atoms with van der Waals surface area (Å²) in [5.41, 5.74) is 0.374. The normalized spacial score (nSPS) is 11.7. The van der Waals surface area contributed by atoms with Crippen LogP contribution in [0.15, 0.2) is 54.6 Å². The number of esters is 1. The van der Waals surface area contributed by atoms with Crippen LogP contribution < -0.4 is 4.74 Å². The van der Waals surface area contributed by atoms with Gasteiger partial charge in [0.15, 0.2) is 5.92 Å². The van der Waals surface area contributed by atoms with E-state index in [1.54, 1.807) is 42.5 Å².